The van der Waals surface area contributed by atoms with Crippen molar-refractivity contribution in [2.24, 2.45) is 5.92 Å². The number of hydrogen-bond acceptors (Lipinski definition) is 5. The van der Waals surface area contributed by atoms with E-state index in [1.807, 2.05) is 0 Å². The van der Waals surface area contributed by atoms with Crippen LogP contribution in [-0.4, -0.2) is 29.8 Å². The van der Waals surface area contributed by atoms with Crippen LogP contribution >= 0.6 is 0 Å². The third-order valence-electron chi connectivity index (χ3n) is 3.31. The zero-order chi connectivity index (χ0) is 13.8. The van der Waals surface area contributed by atoms with E-state index in [2.05, 4.69) is 10.3 Å². The lowest BCUT2D eigenvalue weighted by molar-refractivity contribution is 0.186. The molecule has 106 valence electrons. The van der Waals surface area contributed by atoms with Gasteiger partial charge in [0.1, 0.15) is 11.5 Å². The molecule has 0 aromatic carbocycles. The van der Waals surface area contributed by atoms with Gasteiger partial charge in [0.2, 0.25) is 0 Å². The lowest BCUT2D eigenvalue weighted by Crippen LogP contribution is -2.35. The van der Waals surface area contributed by atoms with Gasteiger partial charge in [0, 0.05) is 13.7 Å². The van der Waals surface area contributed by atoms with Crippen LogP contribution in [0.4, 0.5) is 11.5 Å². The largest absolute Gasteiger partial charge is 0.383 e. The predicted molar refractivity (Wildman–Crippen MR) is 73.4 cm³/mol. The molecule has 4 N–H and O–H groups in total. The topological polar surface area (TPSA) is 102 Å². The van der Waals surface area contributed by atoms with Crippen LogP contribution in [0.5, 0.6) is 0 Å². The van der Waals surface area contributed by atoms with Crippen LogP contribution in [-0.2, 0) is 11.3 Å². The summed E-state index contributed by atoms with van der Waals surface area (Å²) in [4.78, 5) is 25.7. The quantitative estimate of drug-likeness (QED) is 0.645. The Bertz CT molecular complexity index is 545. The van der Waals surface area contributed by atoms with E-state index in [0.717, 1.165) is 12.3 Å². The van der Waals surface area contributed by atoms with E-state index in [1.165, 1.54) is 17.4 Å². The van der Waals surface area contributed by atoms with Gasteiger partial charge in [-0.2, -0.15) is 0 Å². The summed E-state index contributed by atoms with van der Waals surface area (Å²) in [5.74, 6) is 0.939. The SMILES string of the molecule is COCCn1c(N)c(NCCC2CC2)c(=O)[nH]c1=O. The van der Waals surface area contributed by atoms with E-state index >= 15 is 0 Å². The number of nitrogens with two attached hydrogens (primary N) is 1. The average Bonchev–Trinajstić information content (AvgIpc) is 3.17. The van der Waals surface area contributed by atoms with E-state index in [4.69, 9.17) is 10.5 Å². The first kappa shape index (κ1) is 13.7. The molecule has 0 amide bonds. The van der Waals surface area contributed by atoms with Gasteiger partial charge in [0.25, 0.3) is 5.56 Å². The number of anilines is 2. The fraction of sp³-hybridized carbons (Fsp3) is 0.667. The summed E-state index contributed by atoms with van der Waals surface area (Å²) in [6.07, 6.45) is 3.55. The summed E-state index contributed by atoms with van der Waals surface area (Å²) in [6.45, 7) is 1.37. The van der Waals surface area contributed by atoms with Gasteiger partial charge in [-0.05, 0) is 12.3 Å². The molecule has 0 aliphatic heterocycles. The van der Waals surface area contributed by atoms with E-state index in [0.29, 0.717) is 19.7 Å². The Morgan fingerprint density at radius 1 is 1.47 bits per heavy atom. The number of aromatic amines is 1. The third kappa shape index (κ3) is 3.37. The van der Waals surface area contributed by atoms with Crippen molar-refractivity contribution in [2.75, 3.05) is 31.3 Å². The molecule has 1 heterocycles. The highest BCUT2D eigenvalue weighted by atomic mass is 16.5. The zero-order valence-electron chi connectivity index (χ0n) is 11.1. The standard InChI is InChI=1S/C12H20N4O3/c1-19-7-6-16-10(13)9(11(17)15-12(16)18)14-5-4-8-2-3-8/h8,14H,2-7,13H2,1H3,(H,15,17,18). The predicted octanol–water partition coefficient (Wildman–Crippen LogP) is -0.0228. The molecule has 0 bridgehead atoms. The molecule has 1 aliphatic rings. The second kappa shape index (κ2) is 5.92. The maximum Gasteiger partial charge on any atom is 0.330 e. The summed E-state index contributed by atoms with van der Waals surface area (Å²) in [5, 5.41) is 3.03. The average molecular weight is 268 g/mol. The number of aromatic nitrogens is 2. The van der Waals surface area contributed by atoms with Crippen molar-refractivity contribution in [2.45, 2.75) is 25.8 Å². The first-order chi connectivity index (χ1) is 9.13. The molecular weight excluding hydrogens is 248 g/mol. The molecule has 2 rings (SSSR count). The lowest BCUT2D eigenvalue weighted by Gasteiger charge is -2.13. The minimum absolute atomic E-state index is 0.168. The first-order valence-electron chi connectivity index (χ1n) is 6.49. The molecule has 1 aromatic heterocycles. The van der Waals surface area contributed by atoms with Crippen molar-refractivity contribution in [3.05, 3.63) is 20.8 Å². The lowest BCUT2D eigenvalue weighted by atomic mass is 10.3. The van der Waals surface area contributed by atoms with Gasteiger partial charge in [0.05, 0.1) is 13.2 Å². The summed E-state index contributed by atoms with van der Waals surface area (Å²) < 4.78 is 6.23. The monoisotopic (exact) mass is 268 g/mol. The van der Waals surface area contributed by atoms with Crippen LogP contribution in [0.15, 0.2) is 9.59 Å². The Kier molecular flexibility index (Phi) is 4.26. The van der Waals surface area contributed by atoms with E-state index < -0.39 is 11.2 Å². The van der Waals surface area contributed by atoms with Crippen molar-refractivity contribution in [3.63, 3.8) is 0 Å². The van der Waals surface area contributed by atoms with Crippen LogP contribution in [0.2, 0.25) is 0 Å². The molecule has 7 heteroatoms. The molecule has 0 spiro atoms. The van der Waals surface area contributed by atoms with Crippen molar-refractivity contribution < 1.29 is 4.74 Å². The van der Waals surface area contributed by atoms with Crippen molar-refractivity contribution in [1.29, 1.82) is 0 Å². The summed E-state index contributed by atoms with van der Waals surface area (Å²) in [5.41, 5.74) is 5.18. The molecule has 19 heavy (non-hydrogen) atoms. The maximum absolute atomic E-state index is 11.7. The molecule has 0 atom stereocenters. The number of rotatable bonds is 7. The van der Waals surface area contributed by atoms with Gasteiger partial charge in [-0.15, -0.1) is 0 Å². The Hall–Kier alpha value is -1.76. The molecular formula is C12H20N4O3. The number of hydrogen-bond donors (Lipinski definition) is 3. The molecule has 1 fully saturated rings. The second-order valence-electron chi connectivity index (χ2n) is 4.82. The smallest absolute Gasteiger partial charge is 0.330 e. The van der Waals surface area contributed by atoms with Crippen molar-refractivity contribution in [3.8, 4) is 0 Å². The minimum Gasteiger partial charge on any atom is -0.383 e. The second-order valence-corrected chi connectivity index (χ2v) is 4.82. The Balaban J connectivity index is 2.15. The van der Waals surface area contributed by atoms with Crippen LogP contribution in [0.25, 0.3) is 0 Å². The molecule has 7 nitrogen and oxygen atoms in total. The van der Waals surface area contributed by atoms with E-state index in [9.17, 15) is 9.59 Å². The Labute approximate surface area is 110 Å². The fourth-order valence-corrected chi connectivity index (χ4v) is 1.97. The number of methoxy groups -OCH3 is 1. The molecule has 1 aliphatic carbocycles. The normalized spacial score (nSPS) is 14.6. The van der Waals surface area contributed by atoms with Crippen LogP contribution in [0.3, 0.4) is 0 Å². The van der Waals surface area contributed by atoms with E-state index in [1.54, 1.807) is 7.11 Å². The zero-order valence-corrected chi connectivity index (χ0v) is 11.1. The molecule has 1 saturated carbocycles. The van der Waals surface area contributed by atoms with Crippen LogP contribution in [0, 0.1) is 5.92 Å². The maximum atomic E-state index is 11.7. The molecule has 0 radical (unpaired) electrons. The highest BCUT2D eigenvalue weighted by Crippen LogP contribution is 2.32. The number of nitrogen functional groups attached to an aromatic ring is 1. The van der Waals surface area contributed by atoms with Gasteiger partial charge in [-0.3, -0.25) is 14.3 Å². The summed E-state index contributed by atoms with van der Waals surface area (Å²) in [6, 6.07) is 0. The highest BCUT2D eigenvalue weighted by molar-refractivity contribution is 5.60. The minimum atomic E-state index is -0.507. The van der Waals surface area contributed by atoms with Gasteiger partial charge >= 0.3 is 5.69 Å². The molecule has 0 unspecified atom stereocenters. The number of ether oxygens (including phenoxy) is 1. The summed E-state index contributed by atoms with van der Waals surface area (Å²) in [7, 11) is 1.54. The van der Waals surface area contributed by atoms with Crippen molar-refractivity contribution >= 4 is 11.5 Å². The number of nitrogens with zero attached hydrogens (tertiary/aromatic N) is 1. The number of nitrogens with one attached hydrogen (secondary N) is 2. The van der Waals surface area contributed by atoms with Gasteiger partial charge < -0.3 is 15.8 Å². The number of H-pyrrole nitrogens is 1. The van der Waals surface area contributed by atoms with Crippen LogP contribution in [0.1, 0.15) is 19.3 Å². The first-order valence-corrected chi connectivity index (χ1v) is 6.49. The van der Waals surface area contributed by atoms with Gasteiger partial charge in [-0.1, -0.05) is 12.8 Å². The molecule has 1 aromatic rings. The molecule has 0 saturated heterocycles. The van der Waals surface area contributed by atoms with Crippen LogP contribution < -0.4 is 22.3 Å². The van der Waals surface area contributed by atoms with Gasteiger partial charge in [0.15, 0.2) is 0 Å². The van der Waals surface area contributed by atoms with Gasteiger partial charge in [-0.25, -0.2) is 4.79 Å². The van der Waals surface area contributed by atoms with Crippen molar-refractivity contribution in [1.82, 2.24) is 9.55 Å². The highest BCUT2D eigenvalue weighted by Gasteiger charge is 2.21. The Morgan fingerprint density at radius 2 is 2.21 bits per heavy atom. The van der Waals surface area contributed by atoms with E-state index in [-0.39, 0.29) is 11.5 Å². The Morgan fingerprint density at radius 3 is 2.84 bits per heavy atom. The fourth-order valence-electron chi connectivity index (χ4n) is 1.97. The third-order valence-corrected chi connectivity index (χ3v) is 3.31. The summed E-state index contributed by atoms with van der Waals surface area (Å²) >= 11 is 0.